The predicted molar refractivity (Wildman–Crippen MR) is 53.7 cm³/mol. The van der Waals surface area contributed by atoms with Gasteiger partial charge in [-0.25, -0.2) is 13.6 Å². The smallest absolute Gasteiger partial charge is 0.366 e. The summed E-state index contributed by atoms with van der Waals surface area (Å²) in [6.07, 6.45) is -5.12. The zero-order chi connectivity index (χ0) is 15.0. The third-order valence-electron chi connectivity index (χ3n) is 1.80. The van der Waals surface area contributed by atoms with Crippen LogP contribution in [0.1, 0.15) is 5.56 Å². The van der Waals surface area contributed by atoms with Gasteiger partial charge in [-0.1, -0.05) is 0 Å². The van der Waals surface area contributed by atoms with Gasteiger partial charge in [0.1, 0.15) is 0 Å². The summed E-state index contributed by atoms with van der Waals surface area (Å²) in [4.78, 5) is 11.2. The van der Waals surface area contributed by atoms with Crippen molar-refractivity contribution in [3.63, 3.8) is 0 Å². The predicted octanol–water partition coefficient (Wildman–Crippen LogP) is 0.844. The average Bonchev–Trinajstić information content (AvgIpc) is 2.16. The lowest BCUT2D eigenvalue weighted by atomic mass is 10.3. The largest absolute Gasteiger partial charge is 0.575 e. The van der Waals surface area contributed by atoms with Gasteiger partial charge in [0.05, 0.1) is 0 Å². The second kappa shape index (κ2) is 4.62. The van der Waals surface area contributed by atoms with Crippen molar-refractivity contribution in [3.8, 4) is 5.88 Å². The maximum Gasteiger partial charge on any atom is 0.575 e. The van der Waals surface area contributed by atoms with E-state index in [1.807, 2.05) is 0 Å². The average molecular weight is 301 g/mol. The van der Waals surface area contributed by atoms with E-state index in [2.05, 4.69) is 9.72 Å². The normalized spacial score (nSPS) is 12.3. The SMILES string of the molecule is Cc1cc(S(N)(=O)=O)c([N+](=O)[O-])nc1OC(F)(F)F. The first-order valence-electron chi connectivity index (χ1n) is 4.36. The van der Waals surface area contributed by atoms with Gasteiger partial charge in [0.2, 0.25) is 10.0 Å². The topological polar surface area (TPSA) is 125 Å². The summed E-state index contributed by atoms with van der Waals surface area (Å²) >= 11 is 0. The van der Waals surface area contributed by atoms with Crippen LogP contribution in [0.25, 0.3) is 0 Å². The molecule has 0 amide bonds. The van der Waals surface area contributed by atoms with Crippen LogP contribution in [0.3, 0.4) is 0 Å². The van der Waals surface area contributed by atoms with Crippen LogP contribution in [-0.4, -0.2) is 24.7 Å². The van der Waals surface area contributed by atoms with Gasteiger partial charge in [0.25, 0.3) is 0 Å². The van der Waals surface area contributed by atoms with Gasteiger partial charge >= 0.3 is 18.1 Å². The number of halogens is 3. The van der Waals surface area contributed by atoms with Gasteiger partial charge in [-0.3, -0.25) is 0 Å². The highest BCUT2D eigenvalue weighted by atomic mass is 32.2. The quantitative estimate of drug-likeness (QED) is 0.651. The Hall–Kier alpha value is -1.95. The molecule has 0 saturated carbocycles. The molecule has 0 bridgehead atoms. The van der Waals surface area contributed by atoms with Crippen LogP contribution in [0, 0.1) is 17.0 Å². The van der Waals surface area contributed by atoms with Crippen molar-refractivity contribution in [2.24, 2.45) is 5.14 Å². The number of hydrogen-bond acceptors (Lipinski definition) is 6. The van der Waals surface area contributed by atoms with Crippen molar-refractivity contribution in [2.45, 2.75) is 18.2 Å². The number of sulfonamides is 1. The van der Waals surface area contributed by atoms with Crippen molar-refractivity contribution in [2.75, 3.05) is 0 Å². The Kier molecular flexibility index (Phi) is 3.67. The van der Waals surface area contributed by atoms with E-state index in [-0.39, 0.29) is 5.56 Å². The lowest BCUT2D eigenvalue weighted by Crippen LogP contribution is -2.20. The summed E-state index contributed by atoms with van der Waals surface area (Å²) < 4.78 is 61.6. The first kappa shape index (κ1) is 15.1. The third kappa shape index (κ3) is 3.75. The number of aryl methyl sites for hydroxylation is 1. The molecule has 0 fully saturated rings. The fraction of sp³-hybridized carbons (Fsp3) is 0.286. The molecule has 19 heavy (non-hydrogen) atoms. The molecule has 0 aliphatic carbocycles. The second-order valence-corrected chi connectivity index (χ2v) is 4.81. The molecule has 1 aromatic heterocycles. The number of aromatic nitrogens is 1. The van der Waals surface area contributed by atoms with E-state index in [1.165, 1.54) is 0 Å². The van der Waals surface area contributed by atoms with Crippen LogP contribution in [0.2, 0.25) is 0 Å². The maximum absolute atomic E-state index is 12.0. The minimum atomic E-state index is -5.12. The van der Waals surface area contributed by atoms with Gasteiger partial charge in [-0.15, -0.1) is 13.2 Å². The Bertz CT molecular complexity index is 628. The lowest BCUT2D eigenvalue weighted by molar-refractivity contribution is -0.393. The molecule has 2 N–H and O–H groups in total. The fourth-order valence-corrected chi connectivity index (χ4v) is 1.83. The van der Waals surface area contributed by atoms with E-state index in [9.17, 15) is 31.7 Å². The molecular formula is C7H6F3N3O5S. The lowest BCUT2D eigenvalue weighted by Gasteiger charge is -2.08. The third-order valence-corrected chi connectivity index (χ3v) is 2.72. The van der Waals surface area contributed by atoms with Crippen LogP contribution in [0.15, 0.2) is 11.0 Å². The fourth-order valence-electron chi connectivity index (χ4n) is 1.12. The van der Waals surface area contributed by atoms with E-state index in [0.29, 0.717) is 6.07 Å². The molecule has 0 atom stereocenters. The number of nitrogens with zero attached hydrogens (tertiary/aromatic N) is 2. The molecule has 1 heterocycles. The monoisotopic (exact) mass is 301 g/mol. The van der Waals surface area contributed by atoms with Crippen LogP contribution < -0.4 is 9.88 Å². The van der Waals surface area contributed by atoms with Gasteiger partial charge < -0.3 is 14.9 Å². The van der Waals surface area contributed by atoms with E-state index >= 15 is 0 Å². The van der Waals surface area contributed by atoms with Crippen LogP contribution >= 0.6 is 0 Å². The molecule has 106 valence electrons. The number of primary sulfonamides is 1. The van der Waals surface area contributed by atoms with Crippen molar-refractivity contribution in [1.29, 1.82) is 0 Å². The van der Waals surface area contributed by atoms with Crippen molar-refractivity contribution in [1.82, 2.24) is 4.98 Å². The summed E-state index contributed by atoms with van der Waals surface area (Å²) in [6, 6.07) is 0.585. The van der Waals surface area contributed by atoms with Crippen LogP contribution in [0.4, 0.5) is 19.0 Å². The zero-order valence-corrected chi connectivity index (χ0v) is 9.95. The summed E-state index contributed by atoms with van der Waals surface area (Å²) in [6.45, 7) is 1.03. The van der Waals surface area contributed by atoms with Crippen LogP contribution in [-0.2, 0) is 10.0 Å². The van der Waals surface area contributed by atoms with Gasteiger partial charge in [-0.2, -0.15) is 0 Å². The summed E-state index contributed by atoms with van der Waals surface area (Å²) in [5, 5.41) is 15.3. The molecular weight excluding hydrogens is 295 g/mol. The zero-order valence-electron chi connectivity index (χ0n) is 9.13. The second-order valence-electron chi connectivity index (χ2n) is 3.28. The summed E-state index contributed by atoms with van der Waals surface area (Å²) in [7, 11) is -4.50. The number of alkyl halides is 3. The molecule has 0 spiro atoms. The standard InChI is InChI=1S/C7H6F3N3O5S/c1-3-2-4(19(11,16)17)5(13(14)15)12-6(3)18-7(8,9)10/h2H,1H3,(H2,11,16,17). The Labute approximate surface area is 104 Å². The molecule has 8 nitrogen and oxygen atoms in total. The van der Waals surface area contributed by atoms with Crippen molar-refractivity contribution < 1.29 is 31.2 Å². The molecule has 0 aromatic carbocycles. The van der Waals surface area contributed by atoms with Crippen molar-refractivity contribution >= 4 is 15.8 Å². The molecule has 0 saturated heterocycles. The van der Waals surface area contributed by atoms with Crippen LogP contribution in [0.5, 0.6) is 5.88 Å². The summed E-state index contributed by atoms with van der Waals surface area (Å²) in [5.74, 6) is -2.46. The molecule has 12 heteroatoms. The number of hydrogen-bond donors (Lipinski definition) is 1. The molecule has 1 rings (SSSR count). The molecule has 0 unspecified atom stereocenters. The maximum atomic E-state index is 12.0. The molecule has 0 radical (unpaired) electrons. The Morgan fingerprint density at radius 2 is 2.00 bits per heavy atom. The first-order chi connectivity index (χ1) is 8.42. The van der Waals surface area contributed by atoms with E-state index in [0.717, 1.165) is 6.92 Å². The minimum absolute atomic E-state index is 0.369. The number of pyridine rings is 1. The first-order valence-corrected chi connectivity index (χ1v) is 5.91. The summed E-state index contributed by atoms with van der Waals surface area (Å²) in [5.41, 5.74) is -0.369. The van der Waals surface area contributed by atoms with Gasteiger partial charge in [-0.05, 0) is 17.9 Å². The van der Waals surface area contributed by atoms with Gasteiger partial charge in [0, 0.05) is 10.5 Å². The Morgan fingerprint density at radius 3 is 2.37 bits per heavy atom. The Balaban J connectivity index is 3.50. The highest BCUT2D eigenvalue weighted by molar-refractivity contribution is 7.89. The van der Waals surface area contributed by atoms with E-state index < -0.39 is 37.9 Å². The molecule has 0 aliphatic heterocycles. The minimum Gasteiger partial charge on any atom is -0.366 e. The highest BCUT2D eigenvalue weighted by Crippen LogP contribution is 2.30. The number of nitro groups is 1. The van der Waals surface area contributed by atoms with Gasteiger partial charge in [0.15, 0.2) is 4.90 Å². The van der Waals surface area contributed by atoms with E-state index in [1.54, 1.807) is 0 Å². The van der Waals surface area contributed by atoms with Crippen molar-refractivity contribution in [3.05, 3.63) is 21.7 Å². The Morgan fingerprint density at radius 1 is 1.47 bits per heavy atom. The van der Waals surface area contributed by atoms with E-state index in [4.69, 9.17) is 5.14 Å². The number of ether oxygens (including phenoxy) is 1. The number of nitrogens with two attached hydrogens (primary N) is 1. The molecule has 0 aliphatic rings. The molecule has 1 aromatic rings. The highest BCUT2D eigenvalue weighted by Gasteiger charge is 2.37. The number of rotatable bonds is 3.